The van der Waals surface area contributed by atoms with Crippen LogP contribution in [-0.4, -0.2) is 19.1 Å². The molecule has 134 valence electrons. The van der Waals surface area contributed by atoms with Crippen LogP contribution in [0.3, 0.4) is 0 Å². The third kappa shape index (κ3) is 4.84. The van der Waals surface area contributed by atoms with Crippen molar-refractivity contribution in [2.45, 2.75) is 20.0 Å². The van der Waals surface area contributed by atoms with Crippen LogP contribution in [-0.2, 0) is 4.79 Å². The summed E-state index contributed by atoms with van der Waals surface area (Å²) in [6, 6.07) is 12.4. The van der Waals surface area contributed by atoms with Gasteiger partial charge in [0.05, 0.1) is 13.2 Å². The predicted octanol–water partition coefficient (Wildman–Crippen LogP) is 4.17. The minimum atomic E-state index is -0.600. The highest BCUT2D eigenvalue weighted by Crippen LogP contribution is 2.33. The molecule has 0 saturated carbocycles. The average Bonchev–Trinajstić information content (AvgIpc) is 2.62. The van der Waals surface area contributed by atoms with E-state index in [0.29, 0.717) is 22.7 Å². The van der Waals surface area contributed by atoms with E-state index in [4.69, 9.17) is 9.47 Å². The second-order valence-corrected chi connectivity index (χ2v) is 5.68. The molecule has 0 saturated heterocycles. The Labute approximate surface area is 151 Å². The molecule has 6 heteroatoms. The molecule has 0 bridgehead atoms. The largest absolute Gasteiger partial charge is 0.493 e. The maximum absolute atomic E-state index is 13.0. The van der Waals surface area contributed by atoms with Crippen molar-refractivity contribution in [3.05, 3.63) is 59.4 Å². The Balaban J connectivity index is 2.34. The fourth-order valence-corrected chi connectivity index (χ4v) is 2.20. The number of carbonyl (C=O) groups is 1. The number of nitrogens with one attached hydrogen (secondary N) is 1. The molecule has 26 heavy (non-hydrogen) atoms. The van der Waals surface area contributed by atoms with Crippen LogP contribution in [0.25, 0.3) is 6.08 Å². The molecular formula is C20H19FN2O3. The molecule has 1 N–H and O–H groups in total. The quantitative estimate of drug-likeness (QED) is 0.624. The van der Waals surface area contributed by atoms with Gasteiger partial charge < -0.3 is 14.8 Å². The molecule has 5 nitrogen and oxygen atoms in total. The maximum atomic E-state index is 13.0. The number of hydrogen-bond donors (Lipinski definition) is 1. The van der Waals surface area contributed by atoms with Gasteiger partial charge in [-0.25, -0.2) is 4.39 Å². The van der Waals surface area contributed by atoms with Gasteiger partial charge in [-0.05, 0) is 50.3 Å². The molecule has 0 aliphatic carbocycles. The highest BCUT2D eigenvalue weighted by atomic mass is 19.1. The predicted molar refractivity (Wildman–Crippen MR) is 97.4 cm³/mol. The highest BCUT2D eigenvalue weighted by Gasteiger charge is 2.15. The molecule has 0 heterocycles. The number of ether oxygens (including phenoxy) is 2. The molecule has 1 amide bonds. The Morgan fingerprint density at radius 2 is 1.92 bits per heavy atom. The number of benzene rings is 2. The summed E-state index contributed by atoms with van der Waals surface area (Å²) in [5.74, 6) is -0.0562. The summed E-state index contributed by atoms with van der Waals surface area (Å²) in [5, 5.41) is 11.9. The number of carbonyl (C=O) groups excluding carboxylic acids is 1. The van der Waals surface area contributed by atoms with Crippen molar-refractivity contribution in [1.82, 2.24) is 0 Å². The molecule has 2 aromatic carbocycles. The molecule has 0 unspecified atom stereocenters. The van der Waals surface area contributed by atoms with Crippen molar-refractivity contribution in [3.8, 4) is 17.6 Å². The smallest absolute Gasteiger partial charge is 0.266 e. The van der Waals surface area contributed by atoms with Crippen molar-refractivity contribution in [2.24, 2.45) is 0 Å². The van der Waals surface area contributed by atoms with E-state index in [1.54, 1.807) is 18.2 Å². The van der Waals surface area contributed by atoms with Crippen molar-refractivity contribution < 1.29 is 18.7 Å². The van der Waals surface area contributed by atoms with Gasteiger partial charge in [0, 0.05) is 11.3 Å². The first-order valence-electron chi connectivity index (χ1n) is 7.97. The summed E-state index contributed by atoms with van der Waals surface area (Å²) < 4.78 is 24.0. The standard InChI is InChI=1S/C20H19FN2O3/c1-13(2)26-19-14(5-4-6-18(19)25-3)11-15(12-22)20(24)23-17-9-7-16(21)8-10-17/h4-11,13H,1-3H3,(H,23,24)/b15-11+. The van der Waals surface area contributed by atoms with Gasteiger partial charge in [-0.2, -0.15) is 5.26 Å². The monoisotopic (exact) mass is 354 g/mol. The molecular weight excluding hydrogens is 335 g/mol. The molecule has 0 spiro atoms. The Morgan fingerprint density at radius 1 is 1.23 bits per heavy atom. The molecule has 2 aromatic rings. The first-order valence-corrected chi connectivity index (χ1v) is 7.97. The third-order valence-electron chi connectivity index (χ3n) is 3.35. The molecule has 0 aliphatic rings. The van der Waals surface area contributed by atoms with Crippen LogP contribution in [0.4, 0.5) is 10.1 Å². The Hall–Kier alpha value is -3.33. The van der Waals surface area contributed by atoms with Gasteiger partial charge in [0.2, 0.25) is 0 Å². The number of rotatable bonds is 6. The highest BCUT2D eigenvalue weighted by molar-refractivity contribution is 6.09. The number of halogens is 1. The van der Waals surface area contributed by atoms with Crippen LogP contribution in [0.1, 0.15) is 19.4 Å². The van der Waals surface area contributed by atoms with E-state index in [2.05, 4.69) is 5.32 Å². The zero-order valence-electron chi connectivity index (χ0n) is 14.7. The number of nitriles is 1. The van der Waals surface area contributed by atoms with E-state index in [0.717, 1.165) is 0 Å². The minimum Gasteiger partial charge on any atom is -0.493 e. The lowest BCUT2D eigenvalue weighted by molar-refractivity contribution is -0.112. The lowest BCUT2D eigenvalue weighted by Crippen LogP contribution is -2.13. The number of amides is 1. The summed E-state index contributed by atoms with van der Waals surface area (Å²) in [6.07, 6.45) is 1.32. The second-order valence-electron chi connectivity index (χ2n) is 5.68. The van der Waals surface area contributed by atoms with Crippen molar-refractivity contribution in [2.75, 3.05) is 12.4 Å². The lowest BCUT2D eigenvalue weighted by Gasteiger charge is -2.16. The van der Waals surface area contributed by atoms with Gasteiger partial charge in [0.1, 0.15) is 17.5 Å². The fourth-order valence-electron chi connectivity index (χ4n) is 2.20. The molecule has 2 rings (SSSR count). The molecule has 0 aliphatic heterocycles. The summed E-state index contributed by atoms with van der Waals surface area (Å²) >= 11 is 0. The van der Waals surface area contributed by atoms with Crippen LogP contribution >= 0.6 is 0 Å². The SMILES string of the molecule is COc1cccc(/C=C(\C#N)C(=O)Nc2ccc(F)cc2)c1OC(C)C. The third-order valence-corrected chi connectivity index (χ3v) is 3.35. The van der Waals surface area contributed by atoms with Crippen LogP contribution in [0.15, 0.2) is 48.0 Å². The first-order chi connectivity index (χ1) is 12.4. The van der Waals surface area contributed by atoms with Crippen LogP contribution in [0, 0.1) is 17.1 Å². The molecule has 0 aromatic heterocycles. The van der Waals surface area contributed by atoms with Gasteiger partial charge in [-0.1, -0.05) is 12.1 Å². The van der Waals surface area contributed by atoms with E-state index >= 15 is 0 Å². The van der Waals surface area contributed by atoms with E-state index in [1.165, 1.54) is 37.5 Å². The zero-order chi connectivity index (χ0) is 19.1. The van der Waals surface area contributed by atoms with Gasteiger partial charge in [0.15, 0.2) is 11.5 Å². The Morgan fingerprint density at radius 3 is 2.50 bits per heavy atom. The molecule has 0 atom stereocenters. The summed E-state index contributed by atoms with van der Waals surface area (Å²) in [7, 11) is 1.52. The van der Waals surface area contributed by atoms with Gasteiger partial charge in [-0.15, -0.1) is 0 Å². The van der Waals surface area contributed by atoms with E-state index in [1.807, 2.05) is 19.9 Å². The summed E-state index contributed by atoms with van der Waals surface area (Å²) in [5.41, 5.74) is 0.821. The van der Waals surface area contributed by atoms with Crippen LogP contribution in [0.2, 0.25) is 0 Å². The van der Waals surface area contributed by atoms with Crippen LogP contribution in [0.5, 0.6) is 11.5 Å². The van der Waals surface area contributed by atoms with Gasteiger partial charge in [-0.3, -0.25) is 4.79 Å². The van der Waals surface area contributed by atoms with E-state index < -0.39 is 11.7 Å². The summed E-state index contributed by atoms with van der Waals surface area (Å²) in [6.45, 7) is 3.73. The average molecular weight is 354 g/mol. The number of para-hydroxylation sites is 1. The fraction of sp³-hybridized carbons (Fsp3) is 0.200. The number of nitrogens with zero attached hydrogens (tertiary/aromatic N) is 1. The normalized spacial score (nSPS) is 11.0. The maximum Gasteiger partial charge on any atom is 0.266 e. The first kappa shape index (κ1) is 19.0. The molecule has 0 radical (unpaired) electrons. The van der Waals surface area contributed by atoms with E-state index in [9.17, 15) is 14.4 Å². The number of hydrogen-bond acceptors (Lipinski definition) is 4. The van der Waals surface area contributed by atoms with Gasteiger partial charge in [0.25, 0.3) is 5.91 Å². The lowest BCUT2D eigenvalue weighted by atomic mass is 10.1. The topological polar surface area (TPSA) is 71.3 Å². The minimum absolute atomic E-state index is 0.114. The van der Waals surface area contributed by atoms with E-state index in [-0.39, 0.29) is 11.7 Å². The van der Waals surface area contributed by atoms with Crippen molar-refractivity contribution in [3.63, 3.8) is 0 Å². The zero-order valence-corrected chi connectivity index (χ0v) is 14.7. The Bertz CT molecular complexity index is 852. The van der Waals surface area contributed by atoms with Crippen LogP contribution < -0.4 is 14.8 Å². The van der Waals surface area contributed by atoms with Gasteiger partial charge >= 0.3 is 0 Å². The number of anilines is 1. The Kier molecular flexibility index (Phi) is 6.34. The summed E-state index contributed by atoms with van der Waals surface area (Å²) in [4.78, 5) is 12.4. The number of methoxy groups -OCH3 is 1. The van der Waals surface area contributed by atoms with Crippen molar-refractivity contribution >= 4 is 17.7 Å². The second kappa shape index (κ2) is 8.67. The van der Waals surface area contributed by atoms with Crippen molar-refractivity contribution in [1.29, 1.82) is 5.26 Å². The molecule has 0 fully saturated rings.